The molecule has 1 aromatic heterocycles. The van der Waals surface area contributed by atoms with Gasteiger partial charge < -0.3 is 9.64 Å². The number of nitro benzene ring substituents is 1. The van der Waals surface area contributed by atoms with Gasteiger partial charge in [-0.1, -0.05) is 19.1 Å². The standard InChI is InChI=1S/C26H31N5O6S/c1-6-14-29(5)25(32)24-18(4)26(30(27-24)21-9-7-8-16(2)17(21)3)37-22-13-12-20(31(33)34)15-23(22)38(35,36)28-19-10-11-19/h7-9,12-13,15,19,28H,6,10-11,14H2,1-5H3. The molecule has 202 valence electrons. The molecule has 0 unspecified atom stereocenters. The third-order valence-corrected chi connectivity index (χ3v) is 8.06. The van der Waals surface area contributed by atoms with Gasteiger partial charge in [0.2, 0.25) is 15.9 Å². The molecule has 3 aromatic rings. The van der Waals surface area contributed by atoms with Crippen molar-refractivity contribution in [1.29, 1.82) is 0 Å². The molecule has 0 spiro atoms. The van der Waals surface area contributed by atoms with Crippen LogP contribution in [-0.2, 0) is 10.0 Å². The summed E-state index contributed by atoms with van der Waals surface area (Å²) in [6, 6.07) is 8.83. The van der Waals surface area contributed by atoms with E-state index in [9.17, 15) is 23.3 Å². The molecule has 11 nitrogen and oxygen atoms in total. The molecule has 4 rings (SSSR count). The summed E-state index contributed by atoms with van der Waals surface area (Å²) in [7, 11) is -2.44. The van der Waals surface area contributed by atoms with E-state index < -0.39 is 14.9 Å². The number of non-ortho nitro benzene ring substituents is 1. The lowest BCUT2D eigenvalue weighted by Gasteiger charge is -2.15. The first-order valence-corrected chi connectivity index (χ1v) is 13.8. The van der Waals surface area contributed by atoms with E-state index in [1.54, 1.807) is 18.9 Å². The summed E-state index contributed by atoms with van der Waals surface area (Å²) in [6.45, 7) is 8.03. The van der Waals surface area contributed by atoms with E-state index in [4.69, 9.17) is 4.74 Å². The summed E-state index contributed by atoms with van der Waals surface area (Å²) in [5.41, 5.74) is 2.74. The number of carbonyl (C=O) groups is 1. The van der Waals surface area contributed by atoms with Gasteiger partial charge in [-0.2, -0.15) is 9.78 Å². The summed E-state index contributed by atoms with van der Waals surface area (Å²) in [5.74, 6) is -0.270. The molecule has 0 aliphatic heterocycles. The fourth-order valence-corrected chi connectivity index (χ4v) is 5.49. The Bertz CT molecular complexity index is 1510. The summed E-state index contributed by atoms with van der Waals surface area (Å²) in [5, 5.41) is 16.0. The lowest BCUT2D eigenvalue weighted by atomic mass is 10.1. The number of aromatic nitrogens is 2. The Morgan fingerprint density at radius 1 is 1.21 bits per heavy atom. The van der Waals surface area contributed by atoms with Crippen LogP contribution in [0, 0.1) is 30.9 Å². The van der Waals surface area contributed by atoms with Gasteiger partial charge in [-0.05, 0) is 63.3 Å². The summed E-state index contributed by atoms with van der Waals surface area (Å²) >= 11 is 0. The minimum atomic E-state index is -4.12. The first-order valence-electron chi connectivity index (χ1n) is 12.3. The molecule has 1 heterocycles. The molecule has 1 saturated carbocycles. The lowest BCUT2D eigenvalue weighted by Crippen LogP contribution is -2.28. The summed E-state index contributed by atoms with van der Waals surface area (Å²) in [6.07, 6.45) is 2.15. The number of hydrogen-bond donors (Lipinski definition) is 1. The third-order valence-electron chi connectivity index (χ3n) is 6.51. The van der Waals surface area contributed by atoms with Crippen LogP contribution in [-0.4, -0.2) is 53.6 Å². The van der Waals surface area contributed by atoms with Gasteiger partial charge in [0, 0.05) is 37.3 Å². The van der Waals surface area contributed by atoms with Gasteiger partial charge in [-0.25, -0.2) is 13.1 Å². The molecule has 1 N–H and O–H groups in total. The van der Waals surface area contributed by atoms with Crippen LogP contribution in [0.1, 0.15) is 53.4 Å². The van der Waals surface area contributed by atoms with Gasteiger partial charge in [-0.15, -0.1) is 0 Å². The van der Waals surface area contributed by atoms with E-state index in [1.807, 2.05) is 39.0 Å². The van der Waals surface area contributed by atoms with Gasteiger partial charge >= 0.3 is 0 Å². The Balaban J connectivity index is 1.89. The number of rotatable bonds is 10. The van der Waals surface area contributed by atoms with E-state index in [1.165, 1.54) is 16.8 Å². The number of nitrogens with zero attached hydrogens (tertiary/aromatic N) is 4. The van der Waals surface area contributed by atoms with Crippen LogP contribution in [0.2, 0.25) is 0 Å². The van der Waals surface area contributed by atoms with Crippen LogP contribution in [0.15, 0.2) is 41.3 Å². The van der Waals surface area contributed by atoms with Crippen molar-refractivity contribution < 1.29 is 22.9 Å². The van der Waals surface area contributed by atoms with Crippen LogP contribution in [0.25, 0.3) is 5.69 Å². The molecule has 1 aliphatic rings. The van der Waals surface area contributed by atoms with E-state index in [-0.39, 0.29) is 39.9 Å². The molecule has 1 fully saturated rings. The first kappa shape index (κ1) is 27.3. The van der Waals surface area contributed by atoms with Crippen molar-refractivity contribution >= 4 is 21.6 Å². The maximum atomic E-state index is 13.2. The van der Waals surface area contributed by atoms with Crippen molar-refractivity contribution in [1.82, 2.24) is 19.4 Å². The predicted molar refractivity (Wildman–Crippen MR) is 142 cm³/mol. The Morgan fingerprint density at radius 3 is 2.55 bits per heavy atom. The number of amides is 1. The predicted octanol–water partition coefficient (Wildman–Crippen LogP) is 4.42. The van der Waals surface area contributed by atoms with Crippen LogP contribution in [0.3, 0.4) is 0 Å². The number of benzene rings is 2. The minimum Gasteiger partial charge on any atom is -0.437 e. The monoisotopic (exact) mass is 541 g/mol. The number of carbonyl (C=O) groups excluding carboxylic acids is 1. The highest BCUT2D eigenvalue weighted by Crippen LogP contribution is 2.37. The average Bonchev–Trinajstić information content (AvgIpc) is 3.62. The van der Waals surface area contributed by atoms with Crippen LogP contribution in [0.4, 0.5) is 5.69 Å². The van der Waals surface area contributed by atoms with Crippen molar-refractivity contribution in [3.8, 4) is 17.3 Å². The Morgan fingerprint density at radius 2 is 1.92 bits per heavy atom. The molecule has 1 aliphatic carbocycles. The lowest BCUT2D eigenvalue weighted by molar-refractivity contribution is -0.385. The molecule has 0 radical (unpaired) electrons. The zero-order valence-electron chi connectivity index (χ0n) is 22.0. The second-order valence-corrected chi connectivity index (χ2v) is 11.2. The second kappa shape index (κ2) is 10.5. The maximum absolute atomic E-state index is 13.2. The fraction of sp³-hybridized carbons (Fsp3) is 0.385. The second-order valence-electron chi connectivity index (χ2n) is 9.52. The largest absolute Gasteiger partial charge is 0.437 e. The zero-order valence-corrected chi connectivity index (χ0v) is 22.8. The third kappa shape index (κ3) is 5.41. The van der Waals surface area contributed by atoms with Crippen molar-refractivity contribution in [2.75, 3.05) is 13.6 Å². The van der Waals surface area contributed by atoms with Crippen LogP contribution in [0.5, 0.6) is 11.6 Å². The topological polar surface area (TPSA) is 137 Å². The number of sulfonamides is 1. The quantitative estimate of drug-likeness (QED) is 0.296. The van der Waals surface area contributed by atoms with Gasteiger partial charge in [0.05, 0.1) is 10.6 Å². The number of nitro groups is 1. The summed E-state index contributed by atoms with van der Waals surface area (Å²) < 4.78 is 36.6. The minimum absolute atomic E-state index is 0.112. The molecule has 0 bridgehead atoms. The van der Waals surface area contributed by atoms with E-state index in [0.29, 0.717) is 30.6 Å². The molecular formula is C26H31N5O6S. The van der Waals surface area contributed by atoms with E-state index in [2.05, 4.69) is 9.82 Å². The molecule has 2 aromatic carbocycles. The highest BCUT2D eigenvalue weighted by atomic mass is 32.2. The van der Waals surface area contributed by atoms with Crippen LogP contribution >= 0.6 is 0 Å². The molecule has 0 atom stereocenters. The Hall–Kier alpha value is -3.77. The number of hydrogen-bond acceptors (Lipinski definition) is 7. The van der Waals surface area contributed by atoms with E-state index in [0.717, 1.165) is 23.6 Å². The van der Waals surface area contributed by atoms with Crippen molar-refractivity contribution in [2.24, 2.45) is 0 Å². The highest BCUT2D eigenvalue weighted by molar-refractivity contribution is 7.89. The normalized spacial score (nSPS) is 13.4. The molecule has 1 amide bonds. The number of nitrogens with one attached hydrogen (secondary N) is 1. The van der Waals surface area contributed by atoms with Gasteiger partial charge in [0.15, 0.2) is 5.69 Å². The number of ether oxygens (including phenoxy) is 1. The van der Waals surface area contributed by atoms with Crippen molar-refractivity contribution in [2.45, 2.75) is 57.9 Å². The fourth-order valence-electron chi connectivity index (χ4n) is 4.04. The van der Waals surface area contributed by atoms with Gasteiger partial charge in [0.1, 0.15) is 10.6 Å². The van der Waals surface area contributed by atoms with Crippen molar-refractivity contribution in [3.05, 3.63) is 68.9 Å². The van der Waals surface area contributed by atoms with Crippen molar-refractivity contribution in [3.63, 3.8) is 0 Å². The molecule has 12 heteroatoms. The van der Waals surface area contributed by atoms with E-state index >= 15 is 0 Å². The zero-order chi connectivity index (χ0) is 27.8. The SMILES string of the molecule is CCCN(C)C(=O)c1nn(-c2cccc(C)c2C)c(Oc2ccc([N+](=O)[O-])cc2S(=O)(=O)NC2CC2)c1C. The molecule has 0 saturated heterocycles. The Labute approximate surface area is 221 Å². The Kier molecular flexibility index (Phi) is 7.56. The number of aryl methyl sites for hydroxylation is 1. The molecular weight excluding hydrogens is 510 g/mol. The highest BCUT2D eigenvalue weighted by Gasteiger charge is 2.33. The van der Waals surface area contributed by atoms with Gasteiger partial charge in [0.25, 0.3) is 11.6 Å². The first-order chi connectivity index (χ1) is 17.9. The summed E-state index contributed by atoms with van der Waals surface area (Å²) in [4.78, 5) is 25.2. The molecule has 38 heavy (non-hydrogen) atoms. The maximum Gasteiger partial charge on any atom is 0.274 e. The van der Waals surface area contributed by atoms with Gasteiger partial charge in [-0.3, -0.25) is 14.9 Å². The average molecular weight is 542 g/mol. The van der Waals surface area contributed by atoms with Crippen LogP contribution < -0.4 is 9.46 Å². The smallest absolute Gasteiger partial charge is 0.274 e.